The van der Waals surface area contributed by atoms with Crippen LogP contribution in [0.5, 0.6) is 0 Å². The zero-order chi connectivity index (χ0) is 16.9. The van der Waals surface area contributed by atoms with Crippen LogP contribution in [0.25, 0.3) is 0 Å². The fourth-order valence-corrected chi connectivity index (χ4v) is 4.22. The van der Waals surface area contributed by atoms with E-state index in [2.05, 4.69) is 41.8 Å². The molecule has 2 fully saturated rings. The Balaban J connectivity index is 1.37. The van der Waals surface area contributed by atoms with Crippen LogP contribution in [-0.2, 0) is 11.3 Å². The summed E-state index contributed by atoms with van der Waals surface area (Å²) in [5, 5.41) is 0. The van der Waals surface area contributed by atoms with Gasteiger partial charge in [0, 0.05) is 25.3 Å². The summed E-state index contributed by atoms with van der Waals surface area (Å²) in [6.45, 7) is 11.3. The van der Waals surface area contributed by atoms with Crippen molar-refractivity contribution in [1.29, 1.82) is 0 Å². The molecule has 1 aromatic rings. The maximum absolute atomic E-state index is 5.88. The van der Waals surface area contributed by atoms with Crippen molar-refractivity contribution in [2.45, 2.75) is 51.9 Å². The lowest BCUT2D eigenvalue weighted by Gasteiger charge is -2.37. The summed E-state index contributed by atoms with van der Waals surface area (Å²) in [4.78, 5) is 5.17. The minimum atomic E-state index is 0.383. The number of piperidine rings is 1. The summed E-state index contributed by atoms with van der Waals surface area (Å²) in [5.74, 6) is 0.885. The maximum atomic E-state index is 5.88. The van der Waals surface area contributed by atoms with Crippen molar-refractivity contribution >= 4 is 5.69 Å². The number of likely N-dealkylation sites (tertiary alicyclic amines) is 1. The molecule has 0 amide bonds. The minimum Gasteiger partial charge on any atom is -0.399 e. The molecule has 3 rings (SSSR count). The maximum Gasteiger partial charge on any atom is 0.0678 e. The van der Waals surface area contributed by atoms with Gasteiger partial charge in [0.15, 0.2) is 0 Å². The highest BCUT2D eigenvalue weighted by atomic mass is 16.5. The normalized spacial score (nSPS) is 27.4. The van der Waals surface area contributed by atoms with Gasteiger partial charge in [-0.2, -0.15) is 0 Å². The molecule has 4 heteroatoms. The van der Waals surface area contributed by atoms with E-state index in [0.717, 1.165) is 31.2 Å². The van der Waals surface area contributed by atoms with Crippen molar-refractivity contribution in [3.63, 3.8) is 0 Å². The molecule has 0 radical (unpaired) electrons. The summed E-state index contributed by atoms with van der Waals surface area (Å²) in [6, 6.07) is 8.31. The van der Waals surface area contributed by atoms with Gasteiger partial charge in [-0.15, -0.1) is 0 Å². The van der Waals surface area contributed by atoms with Crippen LogP contribution in [0, 0.1) is 5.92 Å². The Labute approximate surface area is 147 Å². The van der Waals surface area contributed by atoms with Gasteiger partial charge in [0.1, 0.15) is 0 Å². The molecule has 2 aliphatic rings. The Kier molecular flexibility index (Phi) is 6.14. The second kappa shape index (κ2) is 8.32. The van der Waals surface area contributed by atoms with E-state index < -0.39 is 0 Å². The average Bonchev–Trinajstić information content (AvgIpc) is 2.53. The number of ether oxygens (including phenoxy) is 1. The van der Waals surface area contributed by atoms with Gasteiger partial charge in [0.25, 0.3) is 0 Å². The molecular weight excluding hydrogens is 298 g/mol. The number of nitrogens with two attached hydrogens (primary N) is 1. The third-order valence-electron chi connectivity index (χ3n) is 5.41. The second-order valence-corrected chi connectivity index (χ2v) is 7.77. The summed E-state index contributed by atoms with van der Waals surface area (Å²) >= 11 is 0. The van der Waals surface area contributed by atoms with E-state index in [1.807, 2.05) is 6.07 Å². The molecule has 2 saturated heterocycles. The average molecular weight is 332 g/mol. The number of nitrogen functional groups attached to an aromatic ring is 1. The highest BCUT2D eigenvalue weighted by molar-refractivity contribution is 5.40. The van der Waals surface area contributed by atoms with E-state index in [4.69, 9.17) is 10.5 Å². The first kappa shape index (κ1) is 17.7. The van der Waals surface area contributed by atoms with E-state index in [1.165, 1.54) is 44.5 Å². The quantitative estimate of drug-likeness (QED) is 0.842. The Morgan fingerprint density at radius 1 is 1.08 bits per heavy atom. The summed E-state index contributed by atoms with van der Waals surface area (Å²) in [7, 11) is 0. The van der Waals surface area contributed by atoms with Gasteiger partial charge < -0.3 is 10.5 Å². The van der Waals surface area contributed by atoms with Crippen LogP contribution in [0.1, 0.15) is 38.7 Å². The molecule has 0 aliphatic carbocycles. The number of hydrogen-bond acceptors (Lipinski definition) is 4. The first-order valence-electron chi connectivity index (χ1n) is 9.53. The van der Waals surface area contributed by atoms with Gasteiger partial charge in [-0.05, 0) is 76.4 Å². The molecule has 0 saturated carbocycles. The van der Waals surface area contributed by atoms with Crippen LogP contribution in [0.3, 0.4) is 0 Å². The molecule has 2 unspecified atom stereocenters. The van der Waals surface area contributed by atoms with Crippen molar-refractivity contribution < 1.29 is 4.74 Å². The highest BCUT2D eigenvalue weighted by Gasteiger charge is 2.24. The molecule has 0 aromatic heterocycles. The molecule has 24 heavy (non-hydrogen) atoms. The van der Waals surface area contributed by atoms with Crippen LogP contribution in [0.4, 0.5) is 5.69 Å². The third kappa shape index (κ3) is 5.20. The summed E-state index contributed by atoms with van der Waals surface area (Å²) in [5.41, 5.74) is 8.09. The van der Waals surface area contributed by atoms with Crippen LogP contribution in [0.15, 0.2) is 24.3 Å². The molecule has 2 atom stereocenters. The molecule has 2 heterocycles. The van der Waals surface area contributed by atoms with Crippen molar-refractivity contribution in [2.24, 2.45) is 5.92 Å². The molecule has 4 nitrogen and oxygen atoms in total. The number of anilines is 1. The van der Waals surface area contributed by atoms with E-state index in [9.17, 15) is 0 Å². The Morgan fingerprint density at radius 3 is 2.46 bits per heavy atom. The van der Waals surface area contributed by atoms with Gasteiger partial charge >= 0.3 is 0 Å². The third-order valence-corrected chi connectivity index (χ3v) is 5.41. The van der Waals surface area contributed by atoms with Crippen LogP contribution in [-0.4, -0.2) is 54.7 Å². The van der Waals surface area contributed by atoms with E-state index in [1.54, 1.807) is 0 Å². The Bertz CT molecular complexity index is 503. The number of morpholine rings is 1. The van der Waals surface area contributed by atoms with Gasteiger partial charge in [-0.3, -0.25) is 9.80 Å². The second-order valence-electron chi connectivity index (χ2n) is 7.77. The SMILES string of the molecule is CC1CN(CCC2CCN(Cc3cccc(N)c3)CC2)CC(C)O1. The minimum absolute atomic E-state index is 0.383. The molecule has 0 bridgehead atoms. The van der Waals surface area contributed by atoms with Gasteiger partial charge in [0.05, 0.1) is 12.2 Å². The zero-order valence-corrected chi connectivity index (χ0v) is 15.3. The summed E-state index contributed by atoms with van der Waals surface area (Å²) in [6.07, 6.45) is 4.77. The molecular formula is C20H33N3O. The fraction of sp³-hybridized carbons (Fsp3) is 0.700. The monoisotopic (exact) mass is 331 g/mol. The molecule has 2 aliphatic heterocycles. The van der Waals surface area contributed by atoms with Crippen molar-refractivity contribution in [1.82, 2.24) is 9.80 Å². The highest BCUT2D eigenvalue weighted by Crippen LogP contribution is 2.23. The van der Waals surface area contributed by atoms with Gasteiger partial charge in [0.2, 0.25) is 0 Å². The number of nitrogens with zero attached hydrogens (tertiary/aromatic N) is 2. The predicted octanol–water partition coefficient (Wildman–Crippen LogP) is 2.98. The van der Waals surface area contributed by atoms with Crippen LogP contribution >= 0.6 is 0 Å². The molecule has 134 valence electrons. The van der Waals surface area contributed by atoms with Gasteiger partial charge in [-0.1, -0.05) is 12.1 Å². The standard InChI is InChI=1S/C20H33N3O/c1-16-13-23(14-17(2)24-16)11-8-18-6-9-22(10-7-18)15-19-4-3-5-20(21)12-19/h3-5,12,16-18H,6-11,13-15,21H2,1-2H3. The topological polar surface area (TPSA) is 41.7 Å². The Hall–Kier alpha value is -1.10. The molecule has 0 spiro atoms. The Morgan fingerprint density at radius 2 is 1.79 bits per heavy atom. The van der Waals surface area contributed by atoms with Gasteiger partial charge in [-0.25, -0.2) is 0 Å². The lowest BCUT2D eigenvalue weighted by Crippen LogP contribution is -2.46. The molecule has 1 aromatic carbocycles. The van der Waals surface area contributed by atoms with E-state index in [0.29, 0.717) is 12.2 Å². The van der Waals surface area contributed by atoms with Crippen molar-refractivity contribution in [3.05, 3.63) is 29.8 Å². The fourth-order valence-electron chi connectivity index (χ4n) is 4.22. The van der Waals surface area contributed by atoms with Crippen LogP contribution < -0.4 is 5.73 Å². The number of hydrogen-bond donors (Lipinski definition) is 1. The lowest BCUT2D eigenvalue weighted by atomic mass is 9.93. The van der Waals surface area contributed by atoms with Crippen LogP contribution in [0.2, 0.25) is 0 Å². The molecule has 2 N–H and O–H groups in total. The smallest absolute Gasteiger partial charge is 0.0678 e. The van der Waals surface area contributed by atoms with Crippen molar-refractivity contribution in [3.8, 4) is 0 Å². The first-order chi connectivity index (χ1) is 11.6. The predicted molar refractivity (Wildman–Crippen MR) is 99.9 cm³/mol. The zero-order valence-electron chi connectivity index (χ0n) is 15.3. The number of benzene rings is 1. The van der Waals surface area contributed by atoms with E-state index in [-0.39, 0.29) is 0 Å². The first-order valence-corrected chi connectivity index (χ1v) is 9.53. The number of rotatable bonds is 5. The van der Waals surface area contributed by atoms with Crippen molar-refractivity contribution in [2.75, 3.05) is 38.5 Å². The largest absolute Gasteiger partial charge is 0.399 e. The summed E-state index contributed by atoms with van der Waals surface area (Å²) < 4.78 is 5.83. The lowest BCUT2D eigenvalue weighted by molar-refractivity contribution is -0.0693. The van der Waals surface area contributed by atoms with E-state index >= 15 is 0 Å².